The molecular weight excluding hydrogens is 184 g/mol. The Balaban J connectivity index is 2.03. The van der Waals surface area contributed by atoms with Crippen molar-refractivity contribution in [3.63, 3.8) is 0 Å². The Bertz CT molecular complexity index is 335. The number of carbonyl (C=O) groups excluding carboxylic acids is 2. The first-order valence-electron chi connectivity index (χ1n) is 4.49. The van der Waals surface area contributed by atoms with Crippen LogP contribution in [0.5, 0.6) is 0 Å². The summed E-state index contributed by atoms with van der Waals surface area (Å²) in [7, 11) is 0. The Morgan fingerprint density at radius 2 is 2.14 bits per heavy atom. The molecule has 5 nitrogen and oxygen atoms in total. The summed E-state index contributed by atoms with van der Waals surface area (Å²) in [5.41, 5.74) is 0.305. The lowest BCUT2D eigenvalue weighted by Gasteiger charge is -2.24. The largest absolute Gasteiger partial charge is 0.364 e. The average Bonchev–Trinajstić information content (AvgIpc) is 2.71. The fourth-order valence-electron chi connectivity index (χ4n) is 1.44. The molecule has 2 heterocycles. The number of nitrogens with zero attached hydrogens (tertiary/aromatic N) is 2. The molecule has 0 bridgehead atoms. The molecule has 1 aliphatic rings. The highest BCUT2D eigenvalue weighted by molar-refractivity contribution is 5.93. The van der Waals surface area contributed by atoms with Gasteiger partial charge in [-0.3, -0.25) is 9.59 Å². The lowest BCUT2D eigenvalue weighted by atomic mass is 10.1. The number of carbonyl (C=O) groups is 2. The van der Waals surface area contributed by atoms with Gasteiger partial charge in [-0.2, -0.15) is 0 Å². The van der Waals surface area contributed by atoms with Crippen LogP contribution < -0.4 is 0 Å². The fraction of sp³-hybridized carbons (Fsp3) is 0.444. The summed E-state index contributed by atoms with van der Waals surface area (Å²) < 4.78 is 4.58. The van der Waals surface area contributed by atoms with Gasteiger partial charge in [0.1, 0.15) is 12.0 Å². The minimum absolute atomic E-state index is 0.161. The number of rotatable bonds is 1. The number of aromatic nitrogens is 1. The molecule has 74 valence electrons. The first kappa shape index (κ1) is 8.93. The molecule has 0 saturated carbocycles. The van der Waals surface area contributed by atoms with Crippen LogP contribution in [-0.2, 0) is 4.79 Å². The predicted molar refractivity (Wildman–Crippen MR) is 46.6 cm³/mol. The Morgan fingerprint density at radius 3 is 2.71 bits per heavy atom. The lowest BCUT2D eigenvalue weighted by Crippen LogP contribution is -2.38. The van der Waals surface area contributed by atoms with Gasteiger partial charge in [0.2, 0.25) is 0 Å². The van der Waals surface area contributed by atoms with Gasteiger partial charge in [0.05, 0.1) is 0 Å². The number of piperidine rings is 1. The molecule has 0 unspecified atom stereocenters. The van der Waals surface area contributed by atoms with Gasteiger partial charge in [-0.1, -0.05) is 5.16 Å². The molecule has 0 atom stereocenters. The number of ketones is 1. The SMILES string of the molecule is O=C1CCN(C(=O)c2ccon2)CC1. The van der Waals surface area contributed by atoms with Crippen molar-refractivity contribution in [2.75, 3.05) is 13.1 Å². The van der Waals surface area contributed by atoms with E-state index in [9.17, 15) is 9.59 Å². The highest BCUT2D eigenvalue weighted by Crippen LogP contribution is 2.09. The molecule has 1 aromatic heterocycles. The van der Waals surface area contributed by atoms with Crippen molar-refractivity contribution >= 4 is 11.7 Å². The Morgan fingerprint density at radius 1 is 1.43 bits per heavy atom. The van der Waals surface area contributed by atoms with Crippen LogP contribution in [0.4, 0.5) is 0 Å². The van der Waals surface area contributed by atoms with Crippen molar-refractivity contribution in [2.45, 2.75) is 12.8 Å². The maximum absolute atomic E-state index is 11.7. The first-order chi connectivity index (χ1) is 6.77. The third-order valence-electron chi connectivity index (χ3n) is 2.27. The van der Waals surface area contributed by atoms with E-state index in [1.165, 1.54) is 12.3 Å². The number of Topliss-reactive ketones (excluding diaryl/α,β-unsaturated/α-hetero) is 1. The normalized spacial score (nSPS) is 17.1. The van der Waals surface area contributed by atoms with Gasteiger partial charge in [-0.15, -0.1) is 0 Å². The predicted octanol–water partition coefficient (Wildman–Crippen LogP) is 0.480. The molecule has 1 fully saturated rings. The van der Waals surface area contributed by atoms with Crippen molar-refractivity contribution < 1.29 is 14.1 Å². The maximum atomic E-state index is 11.7. The number of likely N-dealkylation sites (tertiary alicyclic amines) is 1. The molecule has 1 aromatic rings. The summed E-state index contributed by atoms with van der Waals surface area (Å²) in [6.45, 7) is 0.981. The van der Waals surface area contributed by atoms with Crippen LogP contribution in [0, 0.1) is 0 Å². The van der Waals surface area contributed by atoms with Gasteiger partial charge in [0.15, 0.2) is 5.69 Å². The van der Waals surface area contributed by atoms with Crippen LogP contribution in [0.3, 0.4) is 0 Å². The van der Waals surface area contributed by atoms with Crippen molar-refractivity contribution in [3.05, 3.63) is 18.0 Å². The standard InChI is InChI=1S/C9H10N2O3/c12-7-1-4-11(5-2-7)9(13)8-3-6-14-10-8/h3,6H,1-2,4-5H2. The van der Waals surface area contributed by atoms with E-state index in [1.807, 2.05) is 0 Å². The van der Waals surface area contributed by atoms with Gasteiger partial charge < -0.3 is 9.42 Å². The Labute approximate surface area is 80.7 Å². The molecule has 0 N–H and O–H groups in total. The molecule has 0 aromatic carbocycles. The zero-order chi connectivity index (χ0) is 9.97. The number of hydrogen-bond donors (Lipinski definition) is 0. The number of hydrogen-bond acceptors (Lipinski definition) is 4. The van der Waals surface area contributed by atoms with E-state index in [1.54, 1.807) is 4.90 Å². The first-order valence-corrected chi connectivity index (χ1v) is 4.49. The summed E-state index contributed by atoms with van der Waals surface area (Å²) in [6.07, 6.45) is 2.26. The number of amides is 1. The second-order valence-electron chi connectivity index (χ2n) is 3.22. The molecule has 1 aliphatic heterocycles. The van der Waals surface area contributed by atoms with Gasteiger partial charge in [-0.05, 0) is 0 Å². The average molecular weight is 194 g/mol. The quantitative estimate of drug-likeness (QED) is 0.652. The van der Waals surface area contributed by atoms with E-state index < -0.39 is 0 Å². The summed E-state index contributed by atoms with van der Waals surface area (Å²) in [6, 6.07) is 1.53. The van der Waals surface area contributed by atoms with Crippen LogP contribution >= 0.6 is 0 Å². The molecule has 1 saturated heterocycles. The van der Waals surface area contributed by atoms with E-state index in [-0.39, 0.29) is 11.7 Å². The minimum Gasteiger partial charge on any atom is -0.364 e. The molecule has 1 amide bonds. The highest BCUT2D eigenvalue weighted by atomic mass is 16.5. The summed E-state index contributed by atoms with van der Waals surface area (Å²) in [5.74, 6) is 0.0560. The van der Waals surface area contributed by atoms with Gasteiger partial charge >= 0.3 is 0 Å². The van der Waals surface area contributed by atoms with E-state index in [0.717, 1.165) is 0 Å². The zero-order valence-corrected chi connectivity index (χ0v) is 7.60. The van der Waals surface area contributed by atoms with Crippen LogP contribution in [0.15, 0.2) is 16.9 Å². The third kappa shape index (κ3) is 1.66. The van der Waals surface area contributed by atoms with E-state index in [0.29, 0.717) is 31.6 Å². The Kier molecular flexibility index (Phi) is 2.30. The van der Waals surface area contributed by atoms with Gasteiger partial charge in [0.25, 0.3) is 5.91 Å². The minimum atomic E-state index is -0.161. The van der Waals surface area contributed by atoms with Gasteiger partial charge in [0, 0.05) is 32.0 Å². The smallest absolute Gasteiger partial charge is 0.276 e. The van der Waals surface area contributed by atoms with Crippen molar-refractivity contribution in [2.24, 2.45) is 0 Å². The summed E-state index contributed by atoms with van der Waals surface area (Å²) in [5, 5.41) is 3.56. The highest BCUT2D eigenvalue weighted by Gasteiger charge is 2.23. The van der Waals surface area contributed by atoms with Crippen molar-refractivity contribution in [1.29, 1.82) is 0 Å². The van der Waals surface area contributed by atoms with Crippen molar-refractivity contribution in [1.82, 2.24) is 10.1 Å². The molecule has 5 heteroatoms. The zero-order valence-electron chi connectivity index (χ0n) is 7.60. The van der Waals surface area contributed by atoms with E-state index >= 15 is 0 Å². The molecular formula is C9H10N2O3. The monoisotopic (exact) mass is 194 g/mol. The molecule has 0 radical (unpaired) electrons. The molecule has 0 spiro atoms. The Hall–Kier alpha value is -1.65. The van der Waals surface area contributed by atoms with Crippen LogP contribution in [-0.4, -0.2) is 34.8 Å². The maximum Gasteiger partial charge on any atom is 0.276 e. The molecule has 2 rings (SSSR count). The third-order valence-corrected chi connectivity index (χ3v) is 2.27. The van der Waals surface area contributed by atoms with Crippen LogP contribution in [0.25, 0.3) is 0 Å². The fourth-order valence-corrected chi connectivity index (χ4v) is 1.44. The van der Waals surface area contributed by atoms with E-state index in [4.69, 9.17) is 0 Å². The molecule has 0 aliphatic carbocycles. The van der Waals surface area contributed by atoms with Gasteiger partial charge in [-0.25, -0.2) is 0 Å². The summed E-state index contributed by atoms with van der Waals surface area (Å²) >= 11 is 0. The summed E-state index contributed by atoms with van der Waals surface area (Å²) in [4.78, 5) is 24.2. The van der Waals surface area contributed by atoms with Crippen LogP contribution in [0.2, 0.25) is 0 Å². The van der Waals surface area contributed by atoms with E-state index in [2.05, 4.69) is 9.68 Å². The molecule has 14 heavy (non-hydrogen) atoms. The second-order valence-corrected chi connectivity index (χ2v) is 3.22. The lowest BCUT2D eigenvalue weighted by molar-refractivity contribution is -0.120. The van der Waals surface area contributed by atoms with Crippen molar-refractivity contribution in [3.8, 4) is 0 Å². The second kappa shape index (κ2) is 3.61. The van der Waals surface area contributed by atoms with Crippen LogP contribution in [0.1, 0.15) is 23.3 Å². The topological polar surface area (TPSA) is 63.4 Å².